The average molecular weight is 287 g/mol. The number of halogens is 1. The molecular formula is C17H19ClN2. The van der Waals surface area contributed by atoms with Crippen LogP contribution < -0.4 is 5.73 Å². The average Bonchev–Trinajstić information content (AvgIpc) is 2.83. The van der Waals surface area contributed by atoms with Gasteiger partial charge in [-0.05, 0) is 29.7 Å². The number of nitrogens with zero attached hydrogens (tertiary/aromatic N) is 1. The molecule has 1 aliphatic heterocycles. The Bertz CT molecular complexity index is 567. The van der Waals surface area contributed by atoms with E-state index in [2.05, 4.69) is 35.2 Å². The van der Waals surface area contributed by atoms with Crippen molar-refractivity contribution in [1.29, 1.82) is 0 Å². The SMILES string of the molecule is NC1(c2ccc(Cl)cc2)CCN(Cc2ccccc2)C1. The summed E-state index contributed by atoms with van der Waals surface area (Å²) in [5.41, 5.74) is 8.86. The van der Waals surface area contributed by atoms with Gasteiger partial charge in [-0.25, -0.2) is 0 Å². The Morgan fingerprint density at radius 1 is 1.05 bits per heavy atom. The number of nitrogens with two attached hydrogens (primary N) is 1. The number of benzene rings is 2. The Balaban J connectivity index is 1.71. The maximum Gasteiger partial charge on any atom is 0.0550 e. The second-order valence-corrected chi connectivity index (χ2v) is 6.05. The van der Waals surface area contributed by atoms with Crippen molar-refractivity contribution in [3.63, 3.8) is 0 Å². The largest absolute Gasteiger partial charge is 0.320 e. The first-order valence-electron chi connectivity index (χ1n) is 6.97. The minimum Gasteiger partial charge on any atom is -0.320 e. The smallest absolute Gasteiger partial charge is 0.0550 e. The van der Waals surface area contributed by atoms with E-state index in [1.54, 1.807) is 0 Å². The van der Waals surface area contributed by atoms with E-state index < -0.39 is 0 Å². The molecule has 0 amide bonds. The molecular weight excluding hydrogens is 268 g/mol. The number of hydrogen-bond donors (Lipinski definition) is 1. The second-order valence-electron chi connectivity index (χ2n) is 5.61. The first kappa shape index (κ1) is 13.6. The zero-order valence-corrected chi connectivity index (χ0v) is 12.2. The molecule has 1 saturated heterocycles. The lowest BCUT2D eigenvalue weighted by molar-refractivity contribution is 0.305. The van der Waals surface area contributed by atoms with Gasteiger partial charge in [0.1, 0.15) is 0 Å². The Hall–Kier alpha value is -1.35. The standard InChI is InChI=1S/C17H19ClN2/c18-16-8-6-15(7-9-16)17(19)10-11-20(13-17)12-14-4-2-1-3-5-14/h1-9H,10-13,19H2. The third-order valence-corrected chi connectivity index (χ3v) is 4.30. The fourth-order valence-electron chi connectivity index (χ4n) is 2.91. The van der Waals surface area contributed by atoms with Gasteiger partial charge in [0, 0.05) is 24.7 Å². The molecule has 1 fully saturated rings. The molecule has 0 saturated carbocycles. The maximum absolute atomic E-state index is 6.59. The minimum atomic E-state index is -0.251. The lowest BCUT2D eigenvalue weighted by Gasteiger charge is -2.25. The minimum absolute atomic E-state index is 0.251. The monoisotopic (exact) mass is 286 g/mol. The van der Waals surface area contributed by atoms with Crippen molar-refractivity contribution < 1.29 is 0 Å². The van der Waals surface area contributed by atoms with Crippen molar-refractivity contribution >= 4 is 11.6 Å². The van der Waals surface area contributed by atoms with E-state index >= 15 is 0 Å². The summed E-state index contributed by atoms with van der Waals surface area (Å²) in [6.45, 7) is 2.89. The van der Waals surface area contributed by atoms with Gasteiger partial charge in [-0.15, -0.1) is 0 Å². The van der Waals surface area contributed by atoms with Crippen molar-refractivity contribution in [2.24, 2.45) is 5.73 Å². The van der Waals surface area contributed by atoms with Gasteiger partial charge >= 0.3 is 0 Å². The van der Waals surface area contributed by atoms with Gasteiger partial charge < -0.3 is 5.73 Å². The molecule has 0 bridgehead atoms. The Morgan fingerprint density at radius 2 is 1.75 bits per heavy atom. The first-order valence-corrected chi connectivity index (χ1v) is 7.35. The molecule has 2 aromatic rings. The quantitative estimate of drug-likeness (QED) is 0.937. The Morgan fingerprint density at radius 3 is 2.45 bits per heavy atom. The molecule has 104 valence electrons. The van der Waals surface area contributed by atoms with E-state index in [1.807, 2.05) is 24.3 Å². The van der Waals surface area contributed by atoms with Gasteiger partial charge in [-0.1, -0.05) is 54.1 Å². The van der Waals surface area contributed by atoms with Crippen LogP contribution >= 0.6 is 11.6 Å². The van der Waals surface area contributed by atoms with Gasteiger partial charge in [0.2, 0.25) is 0 Å². The molecule has 0 radical (unpaired) electrons. The molecule has 2 nitrogen and oxygen atoms in total. The topological polar surface area (TPSA) is 29.3 Å². The fourth-order valence-corrected chi connectivity index (χ4v) is 3.03. The van der Waals surface area contributed by atoms with Crippen LogP contribution in [0.1, 0.15) is 17.5 Å². The zero-order valence-electron chi connectivity index (χ0n) is 11.4. The highest BCUT2D eigenvalue weighted by Crippen LogP contribution is 2.31. The molecule has 3 rings (SSSR count). The van der Waals surface area contributed by atoms with E-state index in [9.17, 15) is 0 Å². The van der Waals surface area contributed by atoms with Crippen LogP contribution in [-0.2, 0) is 12.1 Å². The molecule has 1 aliphatic rings. The van der Waals surface area contributed by atoms with E-state index in [-0.39, 0.29) is 5.54 Å². The lowest BCUT2D eigenvalue weighted by Crippen LogP contribution is -2.39. The van der Waals surface area contributed by atoms with Crippen molar-refractivity contribution in [2.75, 3.05) is 13.1 Å². The van der Waals surface area contributed by atoms with Crippen LogP contribution in [0.2, 0.25) is 5.02 Å². The van der Waals surface area contributed by atoms with Crippen LogP contribution in [-0.4, -0.2) is 18.0 Å². The summed E-state index contributed by atoms with van der Waals surface area (Å²) in [4.78, 5) is 2.42. The van der Waals surface area contributed by atoms with Gasteiger partial charge in [-0.3, -0.25) is 4.90 Å². The molecule has 2 aromatic carbocycles. The van der Waals surface area contributed by atoms with Crippen LogP contribution in [0.5, 0.6) is 0 Å². The summed E-state index contributed by atoms with van der Waals surface area (Å²) in [5, 5.41) is 0.761. The molecule has 20 heavy (non-hydrogen) atoms. The van der Waals surface area contributed by atoms with Gasteiger partial charge in [0.25, 0.3) is 0 Å². The van der Waals surface area contributed by atoms with Crippen LogP contribution in [0.25, 0.3) is 0 Å². The van der Waals surface area contributed by atoms with Crippen molar-refractivity contribution in [3.05, 3.63) is 70.7 Å². The molecule has 1 unspecified atom stereocenters. The molecule has 1 heterocycles. The molecule has 0 aliphatic carbocycles. The normalized spacial score (nSPS) is 23.1. The van der Waals surface area contributed by atoms with Crippen molar-refractivity contribution in [3.8, 4) is 0 Å². The van der Waals surface area contributed by atoms with Crippen LogP contribution in [0.15, 0.2) is 54.6 Å². The first-order chi connectivity index (χ1) is 9.66. The van der Waals surface area contributed by atoms with Crippen LogP contribution in [0, 0.1) is 0 Å². The van der Waals surface area contributed by atoms with E-state index in [1.165, 1.54) is 11.1 Å². The van der Waals surface area contributed by atoms with Gasteiger partial charge in [0.05, 0.1) is 5.54 Å². The predicted octanol–water partition coefficient (Wildman–Crippen LogP) is 3.40. The molecule has 0 aromatic heterocycles. The highest BCUT2D eigenvalue weighted by Gasteiger charge is 2.35. The van der Waals surface area contributed by atoms with Crippen molar-refractivity contribution in [2.45, 2.75) is 18.5 Å². The Labute approximate surface area is 125 Å². The second kappa shape index (κ2) is 5.57. The van der Waals surface area contributed by atoms with Gasteiger partial charge in [-0.2, -0.15) is 0 Å². The zero-order chi connectivity index (χ0) is 14.0. The molecule has 2 N–H and O–H groups in total. The van der Waals surface area contributed by atoms with Crippen LogP contribution in [0.3, 0.4) is 0 Å². The predicted molar refractivity (Wildman–Crippen MR) is 83.7 cm³/mol. The summed E-state index contributed by atoms with van der Waals surface area (Å²) in [6.07, 6.45) is 0.988. The molecule has 1 atom stereocenters. The summed E-state index contributed by atoms with van der Waals surface area (Å²) in [6, 6.07) is 18.5. The summed E-state index contributed by atoms with van der Waals surface area (Å²) < 4.78 is 0. The fraction of sp³-hybridized carbons (Fsp3) is 0.294. The van der Waals surface area contributed by atoms with Crippen LogP contribution in [0.4, 0.5) is 0 Å². The summed E-state index contributed by atoms with van der Waals surface area (Å²) in [5.74, 6) is 0. The van der Waals surface area contributed by atoms with E-state index in [4.69, 9.17) is 17.3 Å². The molecule has 3 heteroatoms. The number of likely N-dealkylation sites (tertiary alicyclic amines) is 1. The maximum atomic E-state index is 6.59. The highest BCUT2D eigenvalue weighted by atomic mass is 35.5. The third-order valence-electron chi connectivity index (χ3n) is 4.05. The summed E-state index contributed by atoms with van der Waals surface area (Å²) >= 11 is 5.95. The third kappa shape index (κ3) is 2.88. The lowest BCUT2D eigenvalue weighted by atomic mass is 9.90. The van der Waals surface area contributed by atoms with E-state index in [0.29, 0.717) is 0 Å². The molecule has 0 spiro atoms. The summed E-state index contributed by atoms with van der Waals surface area (Å²) in [7, 11) is 0. The Kier molecular flexibility index (Phi) is 3.79. The van der Waals surface area contributed by atoms with Gasteiger partial charge in [0.15, 0.2) is 0 Å². The van der Waals surface area contributed by atoms with Crippen molar-refractivity contribution in [1.82, 2.24) is 4.90 Å². The number of rotatable bonds is 3. The number of hydrogen-bond acceptors (Lipinski definition) is 2. The highest BCUT2D eigenvalue weighted by molar-refractivity contribution is 6.30. The van der Waals surface area contributed by atoms with E-state index in [0.717, 1.165) is 31.1 Å².